The van der Waals surface area contributed by atoms with E-state index >= 15 is 0 Å². The Labute approximate surface area is 196 Å². The van der Waals surface area contributed by atoms with Gasteiger partial charge < -0.3 is 43.1 Å². The normalized spacial score (nSPS) is 11.1. The molecule has 0 saturated carbocycles. The van der Waals surface area contributed by atoms with E-state index in [4.69, 9.17) is 0 Å². The second-order valence-electron chi connectivity index (χ2n) is 6.12. The van der Waals surface area contributed by atoms with Crippen LogP contribution in [0.25, 0.3) is 0 Å². The first-order chi connectivity index (χ1) is 12.2. The van der Waals surface area contributed by atoms with Crippen LogP contribution >= 0.6 is 22.8 Å². The number of hydrogen-bond donors (Lipinski definition) is 0. The van der Waals surface area contributed by atoms with Gasteiger partial charge in [0.05, 0.1) is 0 Å². The molecule has 0 aromatic rings. The minimum atomic E-state index is -4.20. The molecule has 0 amide bonds. The molecular formula is C15H33Co2O9P3. The van der Waals surface area contributed by atoms with E-state index in [1.54, 1.807) is 0 Å². The molecule has 0 N–H and O–H groups in total. The molecule has 0 radical (unpaired) electrons. The van der Waals surface area contributed by atoms with E-state index in [2.05, 4.69) is 0 Å². The fraction of sp³-hybridized carbons (Fsp3) is 1.00. The van der Waals surface area contributed by atoms with E-state index in [-0.39, 0.29) is 52.0 Å². The fourth-order valence-electron chi connectivity index (χ4n) is 1.67. The molecule has 0 aliphatic heterocycles. The Bertz CT molecular complexity index is 397. The van der Waals surface area contributed by atoms with Crippen LogP contribution < -0.4 is 29.4 Å². The first-order valence-corrected chi connectivity index (χ1v) is 14.4. The van der Waals surface area contributed by atoms with Crippen LogP contribution in [0.15, 0.2) is 0 Å². The second-order valence-corrected chi connectivity index (χ2v) is 11.1. The monoisotopic (exact) mass is 568 g/mol. The van der Waals surface area contributed by atoms with Crippen molar-refractivity contribution in [2.45, 2.75) is 78.6 Å². The molecular weight excluding hydrogens is 535 g/mol. The third-order valence-electron chi connectivity index (χ3n) is 3.11. The summed E-state index contributed by atoms with van der Waals surface area (Å²) in [5, 5.41) is 0. The molecule has 0 fully saturated rings. The zero-order valence-corrected chi connectivity index (χ0v) is 21.9. The van der Waals surface area contributed by atoms with Gasteiger partial charge in [0.15, 0.2) is 0 Å². The largest absolute Gasteiger partial charge is 3.00 e. The van der Waals surface area contributed by atoms with Crippen molar-refractivity contribution < 1.29 is 76.6 Å². The van der Waals surface area contributed by atoms with Crippen molar-refractivity contribution in [3.05, 3.63) is 0 Å². The van der Waals surface area contributed by atoms with Gasteiger partial charge in [-0.1, -0.05) is 82.1 Å². The summed E-state index contributed by atoms with van der Waals surface area (Å²) in [6.07, 6.45) is 6.32. The predicted octanol–water partition coefficient (Wildman–Crippen LogP) is 0.266. The van der Waals surface area contributed by atoms with Crippen molar-refractivity contribution in [2.75, 3.05) is 18.5 Å². The summed E-state index contributed by atoms with van der Waals surface area (Å²) < 4.78 is 29.9. The van der Waals surface area contributed by atoms with E-state index in [9.17, 15) is 43.1 Å². The second kappa shape index (κ2) is 24.1. The average molecular weight is 568 g/mol. The minimum absolute atomic E-state index is 0. The average Bonchev–Trinajstić information content (AvgIpc) is 2.46. The molecule has 0 rings (SSSR count). The van der Waals surface area contributed by atoms with Gasteiger partial charge in [-0.3, -0.25) is 0 Å². The van der Waals surface area contributed by atoms with Crippen LogP contribution in [0, 0.1) is 0 Å². The summed E-state index contributed by atoms with van der Waals surface area (Å²) in [6.45, 7) is 5.88. The van der Waals surface area contributed by atoms with Crippen molar-refractivity contribution in [3.63, 3.8) is 0 Å². The predicted molar refractivity (Wildman–Crippen MR) is 96.0 cm³/mol. The zero-order valence-electron chi connectivity index (χ0n) is 17.2. The van der Waals surface area contributed by atoms with E-state index in [0.717, 1.165) is 38.5 Å². The maximum absolute atomic E-state index is 9.98. The van der Waals surface area contributed by atoms with Crippen LogP contribution in [-0.4, -0.2) is 18.5 Å². The number of hydrogen-bond acceptors (Lipinski definition) is 9. The third kappa shape index (κ3) is 58.7. The summed E-state index contributed by atoms with van der Waals surface area (Å²) in [4.78, 5) is 59.9. The molecule has 0 aliphatic rings. The number of rotatable bonds is 12. The molecule has 14 heteroatoms. The van der Waals surface area contributed by atoms with Gasteiger partial charge in [-0.25, -0.2) is 0 Å². The van der Waals surface area contributed by atoms with E-state index in [1.165, 1.54) is 0 Å². The van der Waals surface area contributed by atoms with Gasteiger partial charge >= 0.3 is 33.6 Å². The SMILES string of the molecule is CCCCCP(=O)([O-])[O-].CCCCCP(=O)([O-])[O-].CCCCCP(=O)([O-])[O-].[Co+3].[Co+3]. The maximum Gasteiger partial charge on any atom is 3.00 e. The molecule has 0 aromatic carbocycles. The standard InChI is InChI=1S/3C5H13O3P.2Co/c3*1-2-3-4-5-9(6,7)8;;/h3*2-5H2,1H3,(H2,6,7,8);;/q;;;2*+3/p-6. The van der Waals surface area contributed by atoms with Crippen LogP contribution in [0.4, 0.5) is 0 Å². The molecule has 9 nitrogen and oxygen atoms in total. The topological polar surface area (TPSA) is 190 Å². The summed E-state index contributed by atoms with van der Waals surface area (Å²) in [5.41, 5.74) is 0. The summed E-state index contributed by atoms with van der Waals surface area (Å²) >= 11 is 0. The molecule has 0 bridgehead atoms. The van der Waals surface area contributed by atoms with Crippen molar-refractivity contribution in [2.24, 2.45) is 0 Å². The summed E-state index contributed by atoms with van der Waals surface area (Å²) in [5.74, 6) is 0. The minimum Gasteiger partial charge on any atom is -0.811 e. The van der Waals surface area contributed by atoms with Gasteiger partial charge in [0, 0.05) is 0 Å². The molecule has 0 unspecified atom stereocenters. The Morgan fingerprint density at radius 2 is 0.621 bits per heavy atom. The summed E-state index contributed by atoms with van der Waals surface area (Å²) in [6, 6.07) is 0. The first kappa shape index (κ1) is 40.8. The van der Waals surface area contributed by atoms with Crippen molar-refractivity contribution in [1.29, 1.82) is 0 Å². The van der Waals surface area contributed by atoms with E-state index < -0.39 is 22.8 Å². The molecule has 180 valence electrons. The van der Waals surface area contributed by atoms with Crippen molar-refractivity contribution in [1.82, 2.24) is 0 Å². The van der Waals surface area contributed by atoms with Crippen LogP contribution in [0.2, 0.25) is 0 Å². The third-order valence-corrected chi connectivity index (χ3v) is 5.70. The quantitative estimate of drug-likeness (QED) is 0.235. The van der Waals surface area contributed by atoms with Gasteiger partial charge in [-0.2, -0.15) is 0 Å². The van der Waals surface area contributed by atoms with Gasteiger partial charge in [0.25, 0.3) is 0 Å². The van der Waals surface area contributed by atoms with E-state index in [1.807, 2.05) is 20.8 Å². The van der Waals surface area contributed by atoms with Gasteiger partial charge in [-0.05, 0) is 37.7 Å². The van der Waals surface area contributed by atoms with Gasteiger partial charge in [-0.15, -0.1) is 0 Å². The fourth-order valence-corrected chi connectivity index (χ4v) is 3.50. The van der Waals surface area contributed by atoms with Crippen LogP contribution in [0.1, 0.15) is 78.6 Å². The Morgan fingerprint density at radius 3 is 0.724 bits per heavy atom. The van der Waals surface area contributed by atoms with Crippen molar-refractivity contribution >= 4 is 22.8 Å². The van der Waals surface area contributed by atoms with Crippen LogP contribution in [0.5, 0.6) is 0 Å². The molecule has 0 spiro atoms. The molecule has 0 heterocycles. The van der Waals surface area contributed by atoms with Gasteiger partial charge in [0.2, 0.25) is 0 Å². The Hall–Kier alpha value is 1.46. The Balaban J connectivity index is -0.0000000960. The molecule has 29 heavy (non-hydrogen) atoms. The molecule has 0 aliphatic carbocycles. The molecule has 0 aromatic heterocycles. The Kier molecular flexibility index (Phi) is 33.9. The number of unbranched alkanes of at least 4 members (excludes halogenated alkanes) is 6. The Morgan fingerprint density at radius 1 is 0.448 bits per heavy atom. The van der Waals surface area contributed by atoms with Crippen LogP contribution in [0.3, 0.4) is 0 Å². The molecule has 0 saturated heterocycles. The van der Waals surface area contributed by atoms with Crippen molar-refractivity contribution in [3.8, 4) is 0 Å². The summed E-state index contributed by atoms with van der Waals surface area (Å²) in [7, 11) is -12.6. The van der Waals surface area contributed by atoms with Crippen LogP contribution in [-0.2, 0) is 47.3 Å². The first-order valence-electron chi connectivity index (χ1n) is 9.21. The zero-order chi connectivity index (χ0) is 22.0. The molecule has 0 atom stereocenters. The maximum atomic E-state index is 9.98. The smallest absolute Gasteiger partial charge is 0.811 e. The van der Waals surface area contributed by atoms with Gasteiger partial charge in [0.1, 0.15) is 0 Å². The van der Waals surface area contributed by atoms with E-state index in [0.29, 0.717) is 19.3 Å².